The second kappa shape index (κ2) is 23.5. The molecule has 0 aromatic heterocycles. The fourth-order valence-electron chi connectivity index (χ4n) is 5.65. The van der Waals surface area contributed by atoms with E-state index in [4.69, 9.17) is 10.2 Å². The van der Waals surface area contributed by atoms with Gasteiger partial charge in [0.25, 0.3) is 0 Å². The van der Waals surface area contributed by atoms with Crippen LogP contribution in [0, 0.1) is 29.6 Å². The SMILES string of the molecule is C=C(O)[C@H](CC1=CCCC=C1)NC(=C)[C@H](C)C(C)[C@@H]1CCCN1C(=C)C[C@@H](C)[C@@H](C)[C@@H](C)CC.CNC.CO.CO. The molecule has 0 radical (unpaired) electrons. The minimum Gasteiger partial charge on any atom is -0.511 e. The summed E-state index contributed by atoms with van der Waals surface area (Å²) in [5, 5.41) is 30.5. The lowest BCUT2D eigenvalue weighted by Gasteiger charge is -2.38. The van der Waals surface area contributed by atoms with Crippen LogP contribution in [-0.2, 0) is 0 Å². The summed E-state index contributed by atoms with van der Waals surface area (Å²) in [7, 11) is 5.75. The van der Waals surface area contributed by atoms with E-state index in [1.807, 2.05) is 14.1 Å². The highest BCUT2D eigenvalue weighted by Crippen LogP contribution is 2.36. The highest BCUT2D eigenvalue weighted by atomic mass is 16.3. The number of aliphatic hydroxyl groups excluding tert-OH is 3. The largest absolute Gasteiger partial charge is 0.511 e. The van der Waals surface area contributed by atoms with Crippen molar-refractivity contribution in [2.45, 2.75) is 98.6 Å². The van der Waals surface area contributed by atoms with E-state index in [9.17, 15) is 5.11 Å². The number of hydrogen-bond acceptors (Lipinski definition) is 6. The number of nitrogens with zero attached hydrogens (tertiary/aromatic N) is 1. The maximum atomic E-state index is 10.3. The smallest absolute Gasteiger partial charge is 0.108 e. The molecule has 1 heterocycles. The molecule has 0 bridgehead atoms. The highest BCUT2D eigenvalue weighted by molar-refractivity contribution is 5.25. The molecule has 0 aromatic rings. The zero-order valence-electron chi connectivity index (χ0n) is 28.3. The molecule has 7 atom stereocenters. The lowest BCUT2D eigenvalue weighted by atomic mass is 9.81. The topological polar surface area (TPSA) is 88.0 Å². The molecule has 0 spiro atoms. The van der Waals surface area contributed by atoms with Gasteiger partial charge in [-0.25, -0.2) is 0 Å². The van der Waals surface area contributed by atoms with Crippen molar-refractivity contribution in [2.75, 3.05) is 34.9 Å². The number of nitrogens with one attached hydrogen (secondary N) is 2. The van der Waals surface area contributed by atoms with Crippen LogP contribution in [0.1, 0.15) is 86.5 Å². The average molecular weight is 578 g/mol. The maximum Gasteiger partial charge on any atom is 0.108 e. The predicted molar refractivity (Wildman–Crippen MR) is 180 cm³/mol. The van der Waals surface area contributed by atoms with E-state index in [2.05, 4.69) is 95.0 Å². The van der Waals surface area contributed by atoms with Crippen LogP contribution in [0.25, 0.3) is 0 Å². The Kier molecular flexibility index (Phi) is 23.6. The van der Waals surface area contributed by atoms with Crippen LogP contribution in [0.3, 0.4) is 0 Å². The molecule has 240 valence electrons. The number of allylic oxidation sites excluding steroid dienone is 5. The maximum absolute atomic E-state index is 10.3. The van der Waals surface area contributed by atoms with Gasteiger partial charge < -0.3 is 30.9 Å². The molecule has 1 saturated heterocycles. The molecule has 1 aliphatic heterocycles. The fraction of sp³-hybridized carbons (Fsp3) is 0.714. The summed E-state index contributed by atoms with van der Waals surface area (Å²) in [5.41, 5.74) is 3.55. The third-order valence-electron chi connectivity index (χ3n) is 8.92. The third-order valence-corrected chi connectivity index (χ3v) is 8.92. The van der Waals surface area contributed by atoms with Gasteiger partial charge in [0, 0.05) is 38.2 Å². The first-order valence-electron chi connectivity index (χ1n) is 15.6. The van der Waals surface area contributed by atoms with Gasteiger partial charge in [0.05, 0.1) is 6.04 Å². The van der Waals surface area contributed by atoms with Crippen molar-refractivity contribution in [1.82, 2.24) is 15.5 Å². The van der Waals surface area contributed by atoms with E-state index in [0.29, 0.717) is 23.8 Å². The van der Waals surface area contributed by atoms with Crippen LogP contribution in [0.5, 0.6) is 0 Å². The monoisotopic (exact) mass is 578 g/mol. The van der Waals surface area contributed by atoms with Crippen molar-refractivity contribution in [3.05, 3.63) is 60.7 Å². The Morgan fingerprint density at radius 1 is 1.00 bits per heavy atom. The number of likely N-dealkylation sites (tertiary alicyclic amines) is 1. The van der Waals surface area contributed by atoms with Crippen molar-refractivity contribution in [2.24, 2.45) is 29.6 Å². The molecular formula is C35H67N3O3. The quantitative estimate of drug-likeness (QED) is 0.140. The summed E-state index contributed by atoms with van der Waals surface area (Å²) in [6, 6.07) is 0.292. The van der Waals surface area contributed by atoms with Gasteiger partial charge in [0.1, 0.15) is 5.76 Å². The summed E-state index contributed by atoms with van der Waals surface area (Å²) in [6.07, 6.45) is 14.3. The van der Waals surface area contributed by atoms with Crippen LogP contribution >= 0.6 is 0 Å². The Morgan fingerprint density at radius 2 is 1.59 bits per heavy atom. The summed E-state index contributed by atoms with van der Waals surface area (Å²) < 4.78 is 0. The van der Waals surface area contributed by atoms with Gasteiger partial charge in [-0.05, 0) is 87.8 Å². The molecule has 6 nitrogen and oxygen atoms in total. The van der Waals surface area contributed by atoms with Crippen LogP contribution in [0.15, 0.2) is 60.7 Å². The molecule has 5 N–H and O–H groups in total. The average Bonchev–Trinajstić information content (AvgIpc) is 3.48. The molecule has 1 fully saturated rings. The van der Waals surface area contributed by atoms with Crippen molar-refractivity contribution in [3.8, 4) is 0 Å². The van der Waals surface area contributed by atoms with Crippen LogP contribution in [-0.4, -0.2) is 67.2 Å². The fourth-order valence-corrected chi connectivity index (χ4v) is 5.65. The number of hydrogen-bond donors (Lipinski definition) is 5. The minimum absolute atomic E-state index is 0.182. The number of aliphatic hydroxyl groups is 3. The van der Waals surface area contributed by atoms with Gasteiger partial charge in [-0.3, -0.25) is 0 Å². The molecule has 1 aliphatic carbocycles. The Labute approximate surface area is 254 Å². The molecule has 1 unspecified atom stereocenters. The molecule has 41 heavy (non-hydrogen) atoms. The zero-order chi connectivity index (χ0) is 32.1. The van der Waals surface area contributed by atoms with Gasteiger partial charge in [-0.1, -0.05) is 85.9 Å². The van der Waals surface area contributed by atoms with Crippen molar-refractivity contribution < 1.29 is 15.3 Å². The van der Waals surface area contributed by atoms with Gasteiger partial charge >= 0.3 is 0 Å². The summed E-state index contributed by atoms with van der Waals surface area (Å²) >= 11 is 0. The Morgan fingerprint density at radius 3 is 2.07 bits per heavy atom. The summed E-state index contributed by atoms with van der Waals surface area (Å²) in [4.78, 5) is 2.59. The van der Waals surface area contributed by atoms with Gasteiger partial charge in [0.15, 0.2) is 0 Å². The van der Waals surface area contributed by atoms with Crippen molar-refractivity contribution in [1.29, 1.82) is 0 Å². The zero-order valence-corrected chi connectivity index (χ0v) is 28.3. The predicted octanol–water partition coefficient (Wildman–Crippen LogP) is 7.21. The van der Waals surface area contributed by atoms with Crippen molar-refractivity contribution in [3.63, 3.8) is 0 Å². The first kappa shape index (κ1) is 41.1. The lowest BCUT2D eigenvalue weighted by Crippen LogP contribution is -2.40. The highest BCUT2D eigenvalue weighted by Gasteiger charge is 2.34. The third kappa shape index (κ3) is 14.6. The molecule has 2 rings (SSSR count). The normalized spacial score (nSPS) is 20.1. The standard InChI is InChI=1S/C31H52N2O.C2H7N.2CH4O/c1-10-21(2)24(5)22(3)19-23(4)33-18-14-17-31(33)26(7)25(6)27(8)32-30(28(9)34)20-29-15-12-11-13-16-29;1-3-2;2*1-2/h12,15-16,21-22,24-26,30-32,34H,4,8-11,13-14,17-20H2,1-3,5-7H3;3H,1-2H3;2*2H,1H3/t21-,22+,24-,25+,26?,30-,31-;;;/m0.../s1. The number of rotatable bonds is 14. The van der Waals surface area contributed by atoms with Crippen LogP contribution in [0.2, 0.25) is 0 Å². The molecule has 0 aromatic carbocycles. The van der Waals surface area contributed by atoms with Gasteiger partial charge in [-0.2, -0.15) is 0 Å². The van der Waals surface area contributed by atoms with Crippen LogP contribution < -0.4 is 10.6 Å². The molecule has 2 aliphatic rings. The minimum atomic E-state index is -0.200. The van der Waals surface area contributed by atoms with E-state index < -0.39 is 0 Å². The lowest BCUT2D eigenvalue weighted by molar-refractivity contribution is 0.187. The van der Waals surface area contributed by atoms with Crippen molar-refractivity contribution >= 4 is 0 Å². The second-order valence-electron chi connectivity index (χ2n) is 11.7. The van der Waals surface area contributed by atoms with E-state index in [-0.39, 0.29) is 17.7 Å². The molecule has 6 heteroatoms. The Hall–Kier alpha value is -2.02. The molecule has 0 saturated carbocycles. The first-order valence-corrected chi connectivity index (χ1v) is 15.6. The van der Waals surface area contributed by atoms with Gasteiger partial charge in [0.2, 0.25) is 0 Å². The summed E-state index contributed by atoms with van der Waals surface area (Å²) in [6.45, 7) is 28.0. The van der Waals surface area contributed by atoms with E-state index >= 15 is 0 Å². The van der Waals surface area contributed by atoms with E-state index in [1.165, 1.54) is 30.5 Å². The van der Waals surface area contributed by atoms with Gasteiger partial charge in [-0.15, -0.1) is 0 Å². The molecular weight excluding hydrogens is 510 g/mol. The Bertz CT molecular complexity index is 792. The van der Waals surface area contributed by atoms with E-state index in [0.717, 1.165) is 58.1 Å². The van der Waals surface area contributed by atoms with E-state index in [1.54, 1.807) is 0 Å². The molecule has 0 amide bonds. The second-order valence-corrected chi connectivity index (χ2v) is 11.7. The first-order chi connectivity index (χ1) is 19.5. The summed E-state index contributed by atoms with van der Waals surface area (Å²) in [5.74, 6) is 3.02. The van der Waals surface area contributed by atoms with Crippen LogP contribution in [0.4, 0.5) is 0 Å². The Balaban J connectivity index is 0.